The van der Waals surface area contributed by atoms with Crippen LogP contribution in [0.5, 0.6) is 0 Å². The first-order valence-corrected chi connectivity index (χ1v) is 9.11. The maximum atomic E-state index is 13.2. The summed E-state index contributed by atoms with van der Waals surface area (Å²) < 4.78 is 13.2. The summed E-state index contributed by atoms with van der Waals surface area (Å²) in [6, 6.07) is 9.75. The van der Waals surface area contributed by atoms with Crippen molar-refractivity contribution in [2.75, 3.05) is 11.9 Å². The fourth-order valence-electron chi connectivity index (χ4n) is 3.22. The topological polar surface area (TPSA) is 78.5 Å². The molecule has 0 radical (unpaired) electrons. The van der Waals surface area contributed by atoms with Crippen molar-refractivity contribution in [1.29, 1.82) is 0 Å². The molecule has 0 unspecified atom stereocenters. The molecule has 0 saturated carbocycles. The third-order valence-corrected chi connectivity index (χ3v) is 5.30. The molecule has 1 fully saturated rings. The van der Waals surface area contributed by atoms with Gasteiger partial charge < -0.3 is 10.6 Å². The molecule has 0 aliphatic carbocycles. The smallest absolute Gasteiger partial charge is 0.324 e. The van der Waals surface area contributed by atoms with Gasteiger partial charge in [-0.25, -0.2) is 9.18 Å². The average molecular weight is 404 g/mol. The quantitative estimate of drug-likeness (QED) is 0.749. The number of urea groups is 1. The van der Waals surface area contributed by atoms with Crippen LogP contribution in [-0.4, -0.2) is 29.3 Å². The van der Waals surface area contributed by atoms with Gasteiger partial charge in [0.05, 0.1) is 0 Å². The SMILES string of the molecule is CC[C@]1(c2ccc(F)cc2)NC(=O)N(CC(=O)Nc2cccc(Cl)c2C)C1=O. The van der Waals surface area contributed by atoms with E-state index >= 15 is 0 Å². The van der Waals surface area contributed by atoms with Crippen molar-refractivity contribution in [2.45, 2.75) is 25.8 Å². The minimum Gasteiger partial charge on any atom is -0.324 e. The number of rotatable bonds is 5. The molecule has 4 amide bonds. The molecule has 0 bridgehead atoms. The Balaban J connectivity index is 1.80. The fourth-order valence-corrected chi connectivity index (χ4v) is 3.39. The van der Waals surface area contributed by atoms with Gasteiger partial charge in [-0.1, -0.05) is 36.7 Å². The number of halogens is 2. The number of amides is 4. The number of benzene rings is 2. The lowest BCUT2D eigenvalue weighted by molar-refractivity contribution is -0.134. The zero-order valence-electron chi connectivity index (χ0n) is 15.4. The van der Waals surface area contributed by atoms with E-state index in [4.69, 9.17) is 11.6 Å². The van der Waals surface area contributed by atoms with Crippen molar-refractivity contribution in [1.82, 2.24) is 10.2 Å². The molecule has 0 spiro atoms. The molecular weight excluding hydrogens is 385 g/mol. The van der Waals surface area contributed by atoms with Crippen LogP contribution in [0.15, 0.2) is 42.5 Å². The van der Waals surface area contributed by atoms with Crippen LogP contribution in [0.1, 0.15) is 24.5 Å². The standard InChI is InChI=1S/C20H19ClFN3O3/c1-3-20(13-7-9-14(22)10-8-13)18(27)25(19(28)24-20)11-17(26)23-16-6-4-5-15(21)12(16)2/h4-10H,3,11H2,1-2H3,(H,23,26)(H,24,28)/t20-/m1/s1. The predicted molar refractivity (Wildman–Crippen MR) is 103 cm³/mol. The van der Waals surface area contributed by atoms with E-state index < -0.39 is 35.7 Å². The second-order valence-electron chi connectivity index (χ2n) is 6.55. The van der Waals surface area contributed by atoms with Crippen LogP contribution in [0.25, 0.3) is 0 Å². The molecule has 2 aromatic rings. The van der Waals surface area contributed by atoms with E-state index in [2.05, 4.69) is 10.6 Å². The van der Waals surface area contributed by atoms with Crippen LogP contribution < -0.4 is 10.6 Å². The van der Waals surface area contributed by atoms with Gasteiger partial charge in [0.1, 0.15) is 17.9 Å². The van der Waals surface area contributed by atoms with E-state index in [1.54, 1.807) is 32.0 Å². The van der Waals surface area contributed by atoms with Gasteiger partial charge in [0.15, 0.2) is 0 Å². The second kappa shape index (κ2) is 7.59. The minimum absolute atomic E-state index is 0.259. The summed E-state index contributed by atoms with van der Waals surface area (Å²) in [7, 11) is 0. The number of carbonyl (C=O) groups excluding carboxylic acids is 3. The lowest BCUT2D eigenvalue weighted by Gasteiger charge is -2.25. The van der Waals surface area contributed by atoms with Gasteiger partial charge in [-0.05, 0) is 48.7 Å². The van der Waals surface area contributed by atoms with Crippen molar-refractivity contribution in [3.05, 3.63) is 64.4 Å². The highest BCUT2D eigenvalue weighted by molar-refractivity contribution is 6.31. The first kappa shape index (κ1) is 19.8. The van der Waals surface area contributed by atoms with Crippen LogP contribution in [0.2, 0.25) is 5.02 Å². The number of imide groups is 1. The molecular formula is C20H19ClFN3O3. The average Bonchev–Trinajstić information content (AvgIpc) is 2.91. The van der Waals surface area contributed by atoms with Gasteiger partial charge in [-0.2, -0.15) is 0 Å². The minimum atomic E-state index is -1.32. The van der Waals surface area contributed by atoms with E-state index in [0.29, 0.717) is 21.8 Å². The van der Waals surface area contributed by atoms with Crippen LogP contribution in [0.3, 0.4) is 0 Å². The first-order valence-electron chi connectivity index (χ1n) is 8.73. The molecule has 1 saturated heterocycles. The number of hydrogen-bond acceptors (Lipinski definition) is 3. The Bertz CT molecular complexity index is 948. The van der Waals surface area contributed by atoms with E-state index in [-0.39, 0.29) is 6.42 Å². The lowest BCUT2D eigenvalue weighted by Crippen LogP contribution is -2.44. The molecule has 1 aliphatic heterocycles. The number of nitrogens with one attached hydrogen (secondary N) is 2. The Morgan fingerprint density at radius 3 is 2.54 bits per heavy atom. The fraction of sp³-hybridized carbons (Fsp3) is 0.250. The lowest BCUT2D eigenvalue weighted by atomic mass is 9.87. The molecule has 8 heteroatoms. The van der Waals surface area contributed by atoms with Crippen molar-refractivity contribution >= 4 is 35.1 Å². The van der Waals surface area contributed by atoms with Crippen LogP contribution >= 0.6 is 11.6 Å². The zero-order valence-corrected chi connectivity index (χ0v) is 16.1. The maximum absolute atomic E-state index is 13.2. The molecule has 2 N–H and O–H groups in total. The van der Waals surface area contributed by atoms with Gasteiger partial charge in [0.2, 0.25) is 5.91 Å². The summed E-state index contributed by atoms with van der Waals surface area (Å²) >= 11 is 6.04. The molecule has 3 rings (SSSR count). The Hall–Kier alpha value is -2.93. The molecule has 1 heterocycles. The number of nitrogens with zero attached hydrogens (tertiary/aromatic N) is 1. The van der Waals surface area contributed by atoms with E-state index in [1.165, 1.54) is 24.3 Å². The number of carbonyl (C=O) groups is 3. The summed E-state index contributed by atoms with van der Waals surface area (Å²) in [4.78, 5) is 38.7. The highest BCUT2D eigenvalue weighted by atomic mass is 35.5. The molecule has 0 aromatic heterocycles. The third kappa shape index (κ3) is 3.45. The Morgan fingerprint density at radius 1 is 1.21 bits per heavy atom. The normalized spacial score (nSPS) is 18.9. The van der Waals surface area contributed by atoms with Gasteiger partial charge in [0, 0.05) is 10.7 Å². The van der Waals surface area contributed by atoms with E-state index in [1.807, 2.05) is 0 Å². The van der Waals surface area contributed by atoms with Crippen LogP contribution in [0, 0.1) is 12.7 Å². The molecule has 2 aromatic carbocycles. The Kier molecular flexibility index (Phi) is 5.38. The monoisotopic (exact) mass is 403 g/mol. The van der Waals surface area contributed by atoms with Gasteiger partial charge in [0.25, 0.3) is 5.91 Å². The van der Waals surface area contributed by atoms with Crippen LogP contribution in [0.4, 0.5) is 14.9 Å². The van der Waals surface area contributed by atoms with Crippen molar-refractivity contribution in [3.8, 4) is 0 Å². The largest absolute Gasteiger partial charge is 0.325 e. The summed E-state index contributed by atoms with van der Waals surface area (Å²) in [6.45, 7) is 3.04. The highest BCUT2D eigenvalue weighted by Gasteiger charge is 2.51. The summed E-state index contributed by atoms with van der Waals surface area (Å²) in [5.74, 6) is -1.52. The summed E-state index contributed by atoms with van der Waals surface area (Å²) in [5, 5.41) is 5.82. The number of anilines is 1. The van der Waals surface area contributed by atoms with Crippen molar-refractivity contribution < 1.29 is 18.8 Å². The van der Waals surface area contributed by atoms with Gasteiger partial charge >= 0.3 is 6.03 Å². The molecule has 1 aliphatic rings. The summed E-state index contributed by atoms with van der Waals surface area (Å²) in [5.41, 5.74) is 0.328. The van der Waals surface area contributed by atoms with E-state index in [0.717, 1.165) is 4.90 Å². The molecule has 6 nitrogen and oxygen atoms in total. The Labute approximate surface area is 166 Å². The predicted octanol–water partition coefficient (Wildman–Crippen LogP) is 3.58. The van der Waals surface area contributed by atoms with Gasteiger partial charge in [-0.3, -0.25) is 14.5 Å². The number of hydrogen-bond donors (Lipinski definition) is 2. The van der Waals surface area contributed by atoms with E-state index in [9.17, 15) is 18.8 Å². The zero-order chi connectivity index (χ0) is 20.5. The van der Waals surface area contributed by atoms with Gasteiger partial charge in [-0.15, -0.1) is 0 Å². The first-order chi connectivity index (χ1) is 13.3. The van der Waals surface area contributed by atoms with Crippen molar-refractivity contribution in [3.63, 3.8) is 0 Å². The highest BCUT2D eigenvalue weighted by Crippen LogP contribution is 2.32. The summed E-state index contributed by atoms with van der Waals surface area (Å²) in [6.07, 6.45) is 0.259. The second-order valence-corrected chi connectivity index (χ2v) is 6.95. The third-order valence-electron chi connectivity index (χ3n) is 4.89. The molecule has 1 atom stereocenters. The van der Waals surface area contributed by atoms with Crippen molar-refractivity contribution in [2.24, 2.45) is 0 Å². The Morgan fingerprint density at radius 2 is 1.89 bits per heavy atom. The van der Waals surface area contributed by atoms with Crippen LogP contribution in [-0.2, 0) is 15.1 Å². The molecule has 28 heavy (non-hydrogen) atoms. The maximum Gasteiger partial charge on any atom is 0.325 e. The molecule has 146 valence electrons.